The minimum Gasteiger partial charge on any atom is -0.494 e. The number of methoxy groups -OCH3 is 1. The Morgan fingerprint density at radius 1 is 1.33 bits per heavy atom. The summed E-state index contributed by atoms with van der Waals surface area (Å²) in [6.45, 7) is 3.86. The predicted molar refractivity (Wildman–Crippen MR) is 92.1 cm³/mol. The lowest BCUT2D eigenvalue weighted by molar-refractivity contribution is 0.103. The zero-order valence-corrected chi connectivity index (χ0v) is 14.4. The summed E-state index contributed by atoms with van der Waals surface area (Å²) in [7, 11) is 1.58. The molecule has 2 heterocycles. The van der Waals surface area contributed by atoms with E-state index in [0.29, 0.717) is 27.8 Å². The van der Waals surface area contributed by atoms with Crippen LogP contribution in [-0.2, 0) is 6.42 Å². The fraction of sp³-hybridized carbons (Fsp3) is 0.250. The maximum absolute atomic E-state index is 12.4. The highest BCUT2D eigenvalue weighted by Crippen LogP contribution is 2.27. The third-order valence-corrected chi connectivity index (χ3v) is 4.75. The normalized spacial score (nSPS) is 10.6. The van der Waals surface area contributed by atoms with Crippen molar-refractivity contribution in [2.75, 3.05) is 12.4 Å². The molecule has 0 saturated carbocycles. The molecule has 0 atom stereocenters. The predicted octanol–water partition coefficient (Wildman–Crippen LogP) is 2.86. The lowest BCUT2D eigenvalue weighted by atomic mass is 10.2. The van der Waals surface area contributed by atoms with Crippen LogP contribution in [0.15, 0.2) is 30.3 Å². The van der Waals surface area contributed by atoms with Crippen LogP contribution in [0.2, 0.25) is 0 Å². The van der Waals surface area contributed by atoms with Gasteiger partial charge in [-0.15, -0.1) is 16.4 Å². The zero-order valence-electron chi connectivity index (χ0n) is 13.6. The van der Waals surface area contributed by atoms with Gasteiger partial charge in [0.2, 0.25) is 0 Å². The quantitative estimate of drug-likeness (QED) is 0.770. The number of nitrogens with one attached hydrogen (secondary N) is 1. The van der Waals surface area contributed by atoms with Gasteiger partial charge in [-0.25, -0.2) is 0 Å². The Kier molecular flexibility index (Phi) is 4.57. The Bertz CT molecular complexity index is 871. The van der Waals surface area contributed by atoms with E-state index in [-0.39, 0.29) is 5.91 Å². The number of hydrogen-bond donors (Lipinski definition) is 1. The van der Waals surface area contributed by atoms with Gasteiger partial charge in [-0.1, -0.05) is 6.92 Å². The van der Waals surface area contributed by atoms with E-state index in [9.17, 15) is 4.79 Å². The van der Waals surface area contributed by atoms with Crippen molar-refractivity contribution in [3.63, 3.8) is 0 Å². The van der Waals surface area contributed by atoms with E-state index >= 15 is 0 Å². The fourth-order valence-corrected chi connectivity index (χ4v) is 3.11. The lowest BCUT2D eigenvalue weighted by Gasteiger charge is -2.11. The van der Waals surface area contributed by atoms with Crippen LogP contribution < -0.4 is 10.1 Å². The number of thiophene rings is 1. The summed E-state index contributed by atoms with van der Waals surface area (Å²) in [4.78, 5) is 14.2. The monoisotopic (exact) mass is 343 g/mol. The summed E-state index contributed by atoms with van der Waals surface area (Å²) in [5.74, 6) is 1.11. The van der Waals surface area contributed by atoms with Crippen molar-refractivity contribution >= 4 is 22.9 Å². The van der Waals surface area contributed by atoms with Crippen molar-refractivity contribution in [3.05, 3.63) is 45.9 Å². The van der Waals surface area contributed by atoms with E-state index in [0.717, 1.165) is 6.42 Å². The molecule has 1 amide bonds. The summed E-state index contributed by atoms with van der Waals surface area (Å²) in [5.41, 5.74) is 1.32. The average molecular weight is 343 g/mol. The van der Waals surface area contributed by atoms with Crippen LogP contribution in [0.4, 0.5) is 5.69 Å². The molecule has 24 heavy (non-hydrogen) atoms. The van der Waals surface area contributed by atoms with Gasteiger partial charge < -0.3 is 10.1 Å². The van der Waals surface area contributed by atoms with Crippen molar-refractivity contribution in [2.24, 2.45) is 0 Å². The lowest BCUT2D eigenvalue weighted by Crippen LogP contribution is -2.11. The van der Waals surface area contributed by atoms with Gasteiger partial charge in [0.05, 0.1) is 12.0 Å². The molecule has 2 aromatic heterocycles. The second-order valence-corrected chi connectivity index (χ2v) is 6.27. The molecule has 0 bridgehead atoms. The number of rotatable bonds is 5. The highest BCUT2D eigenvalue weighted by atomic mass is 32.1. The Labute approximate surface area is 143 Å². The van der Waals surface area contributed by atoms with E-state index in [1.54, 1.807) is 36.9 Å². The number of benzene rings is 1. The second-order valence-electron chi connectivity index (χ2n) is 5.10. The van der Waals surface area contributed by atoms with Crippen molar-refractivity contribution in [1.82, 2.24) is 20.2 Å². The summed E-state index contributed by atoms with van der Waals surface area (Å²) in [5, 5.41) is 14.4. The van der Waals surface area contributed by atoms with E-state index in [2.05, 4.69) is 27.8 Å². The molecule has 7 nitrogen and oxygen atoms in total. The number of ether oxygens (including phenoxy) is 1. The number of amides is 1. The van der Waals surface area contributed by atoms with Crippen LogP contribution in [0.1, 0.15) is 27.3 Å². The summed E-state index contributed by atoms with van der Waals surface area (Å²) in [6, 6.07) is 9.17. The van der Waals surface area contributed by atoms with Gasteiger partial charge in [-0.3, -0.25) is 4.79 Å². The molecule has 3 rings (SSSR count). The number of hydrogen-bond acceptors (Lipinski definition) is 6. The van der Waals surface area contributed by atoms with Gasteiger partial charge >= 0.3 is 0 Å². The molecule has 124 valence electrons. The highest BCUT2D eigenvalue weighted by molar-refractivity contribution is 7.14. The first-order valence-electron chi connectivity index (χ1n) is 7.45. The largest absolute Gasteiger partial charge is 0.494 e. The van der Waals surface area contributed by atoms with E-state index in [1.165, 1.54) is 16.2 Å². The Morgan fingerprint density at radius 2 is 2.17 bits per heavy atom. The summed E-state index contributed by atoms with van der Waals surface area (Å²) >= 11 is 1.50. The maximum atomic E-state index is 12.4. The molecule has 0 unspecified atom stereocenters. The average Bonchev–Trinajstić information content (AvgIpc) is 3.23. The molecule has 1 N–H and O–H groups in total. The first-order chi connectivity index (χ1) is 11.6. The van der Waals surface area contributed by atoms with Gasteiger partial charge in [-0.2, -0.15) is 4.68 Å². The first-order valence-corrected chi connectivity index (χ1v) is 8.27. The van der Waals surface area contributed by atoms with Crippen molar-refractivity contribution in [1.29, 1.82) is 0 Å². The summed E-state index contributed by atoms with van der Waals surface area (Å²) < 4.78 is 6.92. The fourth-order valence-electron chi connectivity index (χ4n) is 2.27. The van der Waals surface area contributed by atoms with Crippen molar-refractivity contribution in [2.45, 2.75) is 20.3 Å². The Hall–Kier alpha value is -2.74. The number of anilines is 1. The van der Waals surface area contributed by atoms with Crippen LogP contribution in [0, 0.1) is 6.92 Å². The Balaban J connectivity index is 1.89. The number of aryl methyl sites for hydroxylation is 2. The zero-order chi connectivity index (χ0) is 17.1. The number of carbonyl (C=O) groups is 1. The van der Waals surface area contributed by atoms with Crippen LogP contribution in [-0.4, -0.2) is 33.2 Å². The minimum absolute atomic E-state index is 0.135. The molecule has 8 heteroatoms. The molecule has 0 aliphatic rings. The van der Waals surface area contributed by atoms with Crippen molar-refractivity contribution < 1.29 is 9.53 Å². The van der Waals surface area contributed by atoms with Gasteiger partial charge in [0.1, 0.15) is 11.4 Å². The minimum atomic E-state index is -0.135. The molecule has 0 aliphatic heterocycles. The Morgan fingerprint density at radius 3 is 2.79 bits per heavy atom. The smallest absolute Gasteiger partial charge is 0.265 e. The molecular weight excluding hydrogens is 326 g/mol. The summed E-state index contributed by atoms with van der Waals surface area (Å²) in [6.07, 6.45) is 0.920. The van der Waals surface area contributed by atoms with Crippen LogP contribution in [0.25, 0.3) is 5.69 Å². The maximum Gasteiger partial charge on any atom is 0.265 e. The standard InChI is InChI=1S/C16H17N5O2S/c1-4-12-6-8-15(24-12)16(22)17-11-5-7-14(23-3)13(9-11)21-10(2)18-19-20-21/h5-9H,4H2,1-3H3,(H,17,22). The third-order valence-electron chi connectivity index (χ3n) is 3.52. The number of aromatic nitrogens is 4. The topological polar surface area (TPSA) is 81.9 Å². The van der Waals surface area contributed by atoms with E-state index < -0.39 is 0 Å². The molecule has 0 fully saturated rings. The van der Waals surface area contributed by atoms with Crippen LogP contribution in [0.3, 0.4) is 0 Å². The second kappa shape index (κ2) is 6.79. The third kappa shape index (κ3) is 3.13. The molecule has 0 radical (unpaired) electrons. The first kappa shape index (κ1) is 16.1. The molecule has 0 aliphatic carbocycles. The molecule has 0 spiro atoms. The van der Waals surface area contributed by atoms with Gasteiger partial charge in [0.15, 0.2) is 5.82 Å². The molecule has 3 aromatic rings. The highest BCUT2D eigenvalue weighted by Gasteiger charge is 2.14. The SMILES string of the molecule is CCc1ccc(C(=O)Nc2ccc(OC)c(-n3nnnc3C)c2)s1. The van der Waals surface area contributed by atoms with Crippen LogP contribution in [0.5, 0.6) is 5.75 Å². The van der Waals surface area contributed by atoms with Gasteiger partial charge in [-0.05, 0) is 54.1 Å². The number of carbonyl (C=O) groups excluding carboxylic acids is 1. The molecule has 1 aromatic carbocycles. The van der Waals surface area contributed by atoms with Gasteiger partial charge in [0, 0.05) is 10.6 Å². The van der Waals surface area contributed by atoms with E-state index in [4.69, 9.17) is 4.74 Å². The van der Waals surface area contributed by atoms with Gasteiger partial charge in [0.25, 0.3) is 5.91 Å². The number of nitrogens with zero attached hydrogens (tertiary/aromatic N) is 4. The van der Waals surface area contributed by atoms with E-state index in [1.807, 2.05) is 12.1 Å². The number of tetrazole rings is 1. The van der Waals surface area contributed by atoms with Crippen molar-refractivity contribution in [3.8, 4) is 11.4 Å². The molecule has 0 saturated heterocycles. The molecular formula is C16H17N5O2S. The van der Waals surface area contributed by atoms with Crippen LogP contribution >= 0.6 is 11.3 Å².